The minimum Gasteiger partial charge on any atom is -0.330 e. The van der Waals surface area contributed by atoms with E-state index < -0.39 is 0 Å². The maximum absolute atomic E-state index is 7.49. The maximum Gasteiger partial charge on any atom is 0.0233 e. The van der Waals surface area contributed by atoms with Gasteiger partial charge >= 0.3 is 0 Å². The van der Waals surface area contributed by atoms with Crippen molar-refractivity contribution in [2.24, 2.45) is 0 Å². The van der Waals surface area contributed by atoms with Crippen LogP contribution < -0.4 is 0 Å². The van der Waals surface area contributed by atoms with Crippen LogP contribution in [0.15, 0.2) is 30.3 Å². The first-order valence-electron chi connectivity index (χ1n) is 5.30. The Morgan fingerprint density at radius 1 is 1.20 bits per heavy atom. The second-order valence-electron chi connectivity index (χ2n) is 3.65. The number of likely N-dealkylation sites (tertiary alicyclic amines) is 1. The van der Waals surface area contributed by atoms with E-state index in [1.165, 1.54) is 31.5 Å². The van der Waals surface area contributed by atoms with E-state index in [1.54, 1.807) is 6.26 Å². The van der Waals surface area contributed by atoms with Crippen LogP contribution in [0.25, 0.3) is 0 Å². The molecule has 0 unspecified atom stereocenters. The van der Waals surface area contributed by atoms with Crippen molar-refractivity contribution in [2.75, 3.05) is 19.3 Å². The molecule has 1 aromatic rings. The molecule has 0 radical (unpaired) electrons. The normalized spacial score (nSPS) is 15.9. The molecule has 2 nitrogen and oxygen atoms in total. The molecule has 15 heavy (non-hydrogen) atoms. The molecular weight excluding hydrogens is 206 g/mol. The molecule has 84 valence electrons. The molecule has 1 saturated heterocycles. The molecule has 1 heterocycles. The quantitative estimate of drug-likeness (QED) is 0.782. The van der Waals surface area contributed by atoms with Gasteiger partial charge in [-0.3, -0.25) is 4.90 Å². The average Bonchev–Trinajstić information content (AvgIpc) is 2.73. The number of hydrogen-bond acceptors (Lipinski definition) is 3. The van der Waals surface area contributed by atoms with E-state index >= 15 is 0 Å². The number of hydrogen-bond donors (Lipinski definition) is 1. The van der Waals surface area contributed by atoms with E-state index in [2.05, 4.69) is 35.2 Å². The highest BCUT2D eigenvalue weighted by Crippen LogP contribution is 2.11. The topological polar surface area (TPSA) is 23.5 Å². The van der Waals surface area contributed by atoms with Gasteiger partial charge in [0.2, 0.25) is 0 Å². The summed E-state index contributed by atoms with van der Waals surface area (Å²) >= 11 is 0.750. The van der Waals surface area contributed by atoms with E-state index in [-0.39, 0.29) is 0 Å². The second-order valence-corrected chi connectivity index (χ2v) is 4.02. The third kappa shape index (κ3) is 5.21. The minimum absolute atomic E-state index is 0.750. The van der Waals surface area contributed by atoms with Crippen molar-refractivity contribution in [3.05, 3.63) is 35.9 Å². The molecule has 1 aromatic carbocycles. The predicted octanol–water partition coefficient (Wildman–Crippen LogP) is 3.10. The fraction of sp³-hybridized carbons (Fsp3) is 0.500. The molecule has 2 rings (SSSR count). The summed E-state index contributed by atoms with van der Waals surface area (Å²) in [6.07, 6.45) is 4.36. The van der Waals surface area contributed by atoms with Gasteiger partial charge in [-0.2, -0.15) is 0 Å². The van der Waals surface area contributed by atoms with Crippen molar-refractivity contribution in [2.45, 2.75) is 19.4 Å². The fourth-order valence-corrected chi connectivity index (χ4v) is 1.78. The monoisotopic (exact) mass is 225 g/mol. The van der Waals surface area contributed by atoms with Crippen LogP contribution in [-0.4, -0.2) is 28.8 Å². The summed E-state index contributed by atoms with van der Waals surface area (Å²) in [5.74, 6) is 0. The van der Waals surface area contributed by atoms with Crippen LogP contribution in [0.4, 0.5) is 0 Å². The van der Waals surface area contributed by atoms with Crippen molar-refractivity contribution < 1.29 is 4.55 Å². The first kappa shape index (κ1) is 12.6. The summed E-state index contributed by atoms with van der Waals surface area (Å²) in [6, 6.07) is 10.7. The summed E-state index contributed by atoms with van der Waals surface area (Å²) in [5, 5.41) is 0. The van der Waals surface area contributed by atoms with Gasteiger partial charge in [0.05, 0.1) is 0 Å². The van der Waals surface area contributed by atoms with E-state index in [0.29, 0.717) is 0 Å². The van der Waals surface area contributed by atoms with Crippen LogP contribution in [-0.2, 0) is 6.54 Å². The van der Waals surface area contributed by atoms with Gasteiger partial charge in [0.1, 0.15) is 0 Å². The Bertz CT molecular complexity index is 247. The highest BCUT2D eigenvalue weighted by molar-refractivity contribution is 7.93. The molecule has 3 heteroatoms. The molecule has 0 saturated carbocycles. The summed E-state index contributed by atoms with van der Waals surface area (Å²) in [5.41, 5.74) is 1.44. The van der Waals surface area contributed by atoms with Crippen molar-refractivity contribution in [3.63, 3.8) is 0 Å². The molecule has 0 spiro atoms. The van der Waals surface area contributed by atoms with Crippen molar-refractivity contribution in [1.82, 2.24) is 4.90 Å². The van der Waals surface area contributed by atoms with Crippen molar-refractivity contribution in [1.29, 1.82) is 0 Å². The van der Waals surface area contributed by atoms with Gasteiger partial charge in [-0.15, -0.1) is 0 Å². The van der Waals surface area contributed by atoms with Crippen LogP contribution in [0.2, 0.25) is 0 Å². The third-order valence-corrected chi connectivity index (χ3v) is 2.45. The highest BCUT2D eigenvalue weighted by atomic mass is 32.2. The molecular formula is C12H19NOS. The Hall–Kier alpha value is -0.510. The van der Waals surface area contributed by atoms with Crippen molar-refractivity contribution in [3.8, 4) is 0 Å². The molecule has 0 aliphatic carbocycles. The second kappa shape index (κ2) is 7.74. The molecule has 0 bridgehead atoms. The summed E-state index contributed by atoms with van der Waals surface area (Å²) in [6.45, 7) is 3.71. The van der Waals surface area contributed by atoms with Crippen molar-refractivity contribution >= 4 is 12.0 Å². The number of rotatable bonds is 2. The average molecular weight is 225 g/mol. The van der Waals surface area contributed by atoms with Gasteiger partial charge in [-0.05, 0) is 43.5 Å². The lowest BCUT2D eigenvalue weighted by atomic mass is 10.2. The summed E-state index contributed by atoms with van der Waals surface area (Å²) < 4.78 is 7.49. The molecule has 1 aliphatic heterocycles. The van der Waals surface area contributed by atoms with Crippen LogP contribution >= 0.6 is 12.0 Å². The van der Waals surface area contributed by atoms with Crippen LogP contribution in [0.1, 0.15) is 18.4 Å². The Morgan fingerprint density at radius 2 is 1.73 bits per heavy atom. The Labute approximate surface area is 96.5 Å². The van der Waals surface area contributed by atoms with E-state index in [4.69, 9.17) is 4.55 Å². The zero-order valence-corrected chi connectivity index (χ0v) is 10.0. The fourth-order valence-electron chi connectivity index (χ4n) is 1.78. The van der Waals surface area contributed by atoms with Gasteiger partial charge in [0.25, 0.3) is 0 Å². The highest BCUT2D eigenvalue weighted by Gasteiger charge is 2.10. The zero-order valence-electron chi connectivity index (χ0n) is 9.22. The molecule has 0 amide bonds. The minimum atomic E-state index is 0.750. The van der Waals surface area contributed by atoms with E-state index in [0.717, 1.165) is 18.6 Å². The largest absolute Gasteiger partial charge is 0.330 e. The predicted molar refractivity (Wildman–Crippen MR) is 67.1 cm³/mol. The standard InChI is InChI=1S/C11H15N.CH4OS/c1-2-6-11(7-3-1)10-12-8-4-5-9-12;1-3-2/h1-3,6-7H,4-5,8-10H2;2H,1H3. The van der Waals surface area contributed by atoms with Crippen LogP contribution in [0, 0.1) is 0 Å². The number of benzene rings is 1. The molecule has 1 fully saturated rings. The molecule has 0 atom stereocenters. The van der Waals surface area contributed by atoms with Gasteiger partial charge in [0.15, 0.2) is 0 Å². The van der Waals surface area contributed by atoms with Gasteiger partial charge in [-0.1, -0.05) is 30.3 Å². The molecule has 1 aliphatic rings. The van der Waals surface area contributed by atoms with Gasteiger partial charge in [0, 0.05) is 12.8 Å². The van der Waals surface area contributed by atoms with E-state index in [1.807, 2.05) is 0 Å². The maximum atomic E-state index is 7.49. The number of nitrogens with zero attached hydrogens (tertiary/aromatic N) is 1. The Balaban J connectivity index is 0.000000337. The summed E-state index contributed by atoms with van der Waals surface area (Å²) in [4.78, 5) is 2.52. The zero-order chi connectivity index (χ0) is 10.9. The van der Waals surface area contributed by atoms with E-state index in [9.17, 15) is 0 Å². The smallest absolute Gasteiger partial charge is 0.0233 e. The lowest BCUT2D eigenvalue weighted by Gasteiger charge is -2.13. The molecule has 1 N–H and O–H groups in total. The Kier molecular flexibility index (Phi) is 6.48. The molecule has 0 aromatic heterocycles. The van der Waals surface area contributed by atoms with Crippen LogP contribution in [0.5, 0.6) is 0 Å². The SMILES string of the molecule is CSO.c1ccc(CN2CCCC2)cc1. The van der Waals surface area contributed by atoms with Crippen LogP contribution in [0.3, 0.4) is 0 Å². The lowest BCUT2D eigenvalue weighted by Crippen LogP contribution is -2.18. The Morgan fingerprint density at radius 3 is 2.27 bits per heavy atom. The first-order chi connectivity index (χ1) is 7.36. The summed E-state index contributed by atoms with van der Waals surface area (Å²) in [7, 11) is 0. The lowest BCUT2D eigenvalue weighted by molar-refractivity contribution is 0.331. The van der Waals surface area contributed by atoms with Gasteiger partial charge < -0.3 is 4.55 Å². The first-order valence-corrected chi connectivity index (χ1v) is 6.49. The van der Waals surface area contributed by atoms with Gasteiger partial charge in [-0.25, -0.2) is 0 Å². The third-order valence-electron chi connectivity index (χ3n) is 2.45.